The third-order valence-corrected chi connectivity index (χ3v) is 6.15. The van der Waals surface area contributed by atoms with Crippen molar-refractivity contribution in [2.75, 3.05) is 52.9 Å². The molecule has 1 aromatic heterocycles. The number of nitrogens with zero attached hydrogens (tertiary/aromatic N) is 3. The zero-order valence-corrected chi connectivity index (χ0v) is 21.4. The molecule has 0 bridgehead atoms. The quantitative estimate of drug-likeness (QED) is 0.674. The van der Waals surface area contributed by atoms with E-state index in [0.717, 1.165) is 0 Å². The van der Waals surface area contributed by atoms with Crippen LogP contribution in [0, 0.1) is 5.92 Å². The van der Waals surface area contributed by atoms with Gasteiger partial charge in [0.15, 0.2) is 0 Å². The van der Waals surface area contributed by atoms with Crippen LogP contribution in [0.4, 0.5) is 5.69 Å². The molecule has 2 aromatic rings. The average molecular weight is 499 g/mol. The Morgan fingerprint density at radius 3 is 2.61 bits per heavy atom. The fourth-order valence-corrected chi connectivity index (χ4v) is 4.10. The van der Waals surface area contributed by atoms with Crippen molar-refractivity contribution in [2.45, 2.75) is 26.0 Å². The third kappa shape index (κ3) is 6.58. The number of ether oxygens (including phenoxy) is 3. The Balaban J connectivity index is 1.97. The van der Waals surface area contributed by atoms with Crippen molar-refractivity contribution in [3.05, 3.63) is 53.9 Å². The number of hydrogen-bond donors (Lipinski definition) is 1. The predicted molar refractivity (Wildman–Crippen MR) is 134 cm³/mol. The lowest BCUT2D eigenvalue weighted by molar-refractivity contribution is -0.119. The maximum atomic E-state index is 13.4. The molecule has 0 spiro atoms. The standard InChI is InChI=1S/C26H34N4O6/c1-17-13-30(26(33)21-8-6-7-11-27-21)18(2)15-36-22-12-19(28-24(31)16-34-4)9-10-20(22)25(32)29(3)14-23(17)35-5/h6-12,17-18,23H,13-16H2,1-5H3,(H,28,31)/t17-,18-,23+/m0/s1. The van der Waals surface area contributed by atoms with E-state index in [9.17, 15) is 14.4 Å². The molecular weight excluding hydrogens is 464 g/mol. The van der Waals surface area contributed by atoms with Gasteiger partial charge < -0.3 is 29.3 Å². The molecule has 10 nitrogen and oxygen atoms in total. The summed E-state index contributed by atoms with van der Waals surface area (Å²) in [6.45, 7) is 4.62. The van der Waals surface area contributed by atoms with Crippen LogP contribution in [0.15, 0.2) is 42.6 Å². The highest BCUT2D eigenvalue weighted by molar-refractivity contribution is 5.98. The van der Waals surface area contributed by atoms with Crippen molar-refractivity contribution in [1.29, 1.82) is 0 Å². The molecule has 3 atom stereocenters. The van der Waals surface area contributed by atoms with Gasteiger partial charge in [-0.05, 0) is 31.2 Å². The number of likely N-dealkylation sites (N-methyl/N-ethyl adjacent to an activating group) is 1. The molecule has 36 heavy (non-hydrogen) atoms. The van der Waals surface area contributed by atoms with Crippen LogP contribution >= 0.6 is 0 Å². The van der Waals surface area contributed by atoms with Crippen LogP contribution in [0.3, 0.4) is 0 Å². The van der Waals surface area contributed by atoms with Crippen LogP contribution < -0.4 is 10.1 Å². The minimum atomic E-state index is -0.341. The van der Waals surface area contributed by atoms with E-state index >= 15 is 0 Å². The molecule has 0 fully saturated rings. The first-order valence-corrected chi connectivity index (χ1v) is 11.8. The zero-order chi connectivity index (χ0) is 26.2. The van der Waals surface area contributed by atoms with Crippen LogP contribution in [-0.2, 0) is 14.3 Å². The largest absolute Gasteiger partial charge is 0.491 e. The van der Waals surface area contributed by atoms with Gasteiger partial charge in [0.25, 0.3) is 11.8 Å². The van der Waals surface area contributed by atoms with Crippen molar-refractivity contribution in [2.24, 2.45) is 5.92 Å². The van der Waals surface area contributed by atoms with Crippen molar-refractivity contribution in [3.63, 3.8) is 0 Å². The molecule has 10 heteroatoms. The molecule has 0 radical (unpaired) electrons. The number of anilines is 1. The monoisotopic (exact) mass is 498 g/mol. The van der Waals surface area contributed by atoms with E-state index < -0.39 is 0 Å². The van der Waals surface area contributed by atoms with E-state index in [1.54, 1.807) is 66.6 Å². The lowest BCUT2D eigenvalue weighted by atomic mass is 10.0. The molecule has 2 heterocycles. The highest BCUT2D eigenvalue weighted by Gasteiger charge is 2.31. The van der Waals surface area contributed by atoms with Crippen LogP contribution in [-0.4, -0.2) is 92.2 Å². The Labute approximate surface area is 211 Å². The van der Waals surface area contributed by atoms with E-state index in [0.29, 0.717) is 35.8 Å². The maximum absolute atomic E-state index is 13.4. The van der Waals surface area contributed by atoms with E-state index in [2.05, 4.69) is 10.3 Å². The number of methoxy groups -OCH3 is 2. The van der Waals surface area contributed by atoms with Gasteiger partial charge in [-0.3, -0.25) is 19.4 Å². The van der Waals surface area contributed by atoms with E-state index in [1.165, 1.54) is 7.11 Å². The van der Waals surface area contributed by atoms with Crippen LogP contribution in [0.5, 0.6) is 5.75 Å². The molecule has 1 aromatic carbocycles. The number of nitrogens with one attached hydrogen (secondary N) is 1. The molecule has 1 N–H and O–H groups in total. The van der Waals surface area contributed by atoms with E-state index in [4.69, 9.17) is 14.2 Å². The molecule has 1 aliphatic heterocycles. The maximum Gasteiger partial charge on any atom is 0.272 e. The highest BCUT2D eigenvalue weighted by Crippen LogP contribution is 2.27. The average Bonchev–Trinajstić information content (AvgIpc) is 2.88. The molecule has 0 unspecified atom stereocenters. The molecule has 0 aliphatic carbocycles. The van der Waals surface area contributed by atoms with Gasteiger partial charge in [-0.15, -0.1) is 0 Å². The first kappa shape index (κ1) is 27.1. The Bertz CT molecular complexity index is 1060. The van der Waals surface area contributed by atoms with Gasteiger partial charge in [0.05, 0.1) is 17.7 Å². The van der Waals surface area contributed by atoms with Crippen LogP contribution in [0.2, 0.25) is 0 Å². The number of rotatable bonds is 5. The number of amides is 3. The number of aromatic nitrogens is 1. The van der Waals surface area contributed by atoms with Crippen molar-refractivity contribution < 1.29 is 28.6 Å². The Kier molecular flexibility index (Phi) is 9.38. The van der Waals surface area contributed by atoms with E-state index in [1.807, 2.05) is 13.8 Å². The Hall–Kier alpha value is -3.50. The minimum Gasteiger partial charge on any atom is -0.491 e. The summed E-state index contributed by atoms with van der Waals surface area (Å²) in [4.78, 5) is 46.2. The van der Waals surface area contributed by atoms with Gasteiger partial charge in [-0.1, -0.05) is 13.0 Å². The normalized spacial score (nSPS) is 21.0. The number of carbonyl (C=O) groups excluding carboxylic acids is 3. The number of carbonyl (C=O) groups is 3. The number of pyridine rings is 1. The first-order chi connectivity index (χ1) is 17.2. The summed E-state index contributed by atoms with van der Waals surface area (Å²) in [5.41, 5.74) is 1.16. The number of hydrogen-bond acceptors (Lipinski definition) is 7. The minimum absolute atomic E-state index is 0.0716. The summed E-state index contributed by atoms with van der Waals surface area (Å²) < 4.78 is 16.7. The third-order valence-electron chi connectivity index (χ3n) is 6.15. The fourth-order valence-electron chi connectivity index (χ4n) is 4.10. The zero-order valence-electron chi connectivity index (χ0n) is 21.4. The van der Waals surface area contributed by atoms with Crippen molar-refractivity contribution in [1.82, 2.24) is 14.8 Å². The Morgan fingerprint density at radius 2 is 1.94 bits per heavy atom. The lowest BCUT2D eigenvalue weighted by Gasteiger charge is -2.36. The van der Waals surface area contributed by atoms with Crippen molar-refractivity contribution >= 4 is 23.4 Å². The molecule has 0 saturated heterocycles. The molecule has 1 aliphatic rings. The van der Waals surface area contributed by atoms with E-state index in [-0.39, 0.29) is 49.0 Å². The van der Waals surface area contributed by atoms with Gasteiger partial charge in [-0.2, -0.15) is 0 Å². The molecule has 3 amide bonds. The van der Waals surface area contributed by atoms with Gasteiger partial charge in [-0.25, -0.2) is 0 Å². The smallest absolute Gasteiger partial charge is 0.272 e. The summed E-state index contributed by atoms with van der Waals surface area (Å²) in [6, 6.07) is 9.74. The second-order valence-electron chi connectivity index (χ2n) is 8.96. The fraction of sp³-hybridized carbons (Fsp3) is 0.462. The second kappa shape index (κ2) is 12.5. The summed E-state index contributed by atoms with van der Waals surface area (Å²) in [5, 5.41) is 2.73. The van der Waals surface area contributed by atoms with Gasteiger partial charge in [0.2, 0.25) is 5.91 Å². The van der Waals surface area contributed by atoms with Gasteiger partial charge in [0, 0.05) is 58.2 Å². The SMILES string of the molecule is COCC(=O)Nc1ccc2c(c1)OC[C@H](C)N(C(=O)c1ccccn1)C[C@H](C)[C@H](OC)CN(C)C2=O. The molecule has 194 valence electrons. The summed E-state index contributed by atoms with van der Waals surface area (Å²) in [7, 11) is 4.74. The second-order valence-corrected chi connectivity index (χ2v) is 8.96. The lowest BCUT2D eigenvalue weighted by Crippen LogP contribution is -2.48. The predicted octanol–water partition coefficient (Wildman–Crippen LogP) is 2.31. The number of benzene rings is 1. The van der Waals surface area contributed by atoms with Gasteiger partial charge in [0.1, 0.15) is 24.7 Å². The Morgan fingerprint density at radius 1 is 1.17 bits per heavy atom. The molecular formula is C26H34N4O6. The number of fused-ring (bicyclic) bond motifs is 1. The molecule has 0 saturated carbocycles. The van der Waals surface area contributed by atoms with Crippen LogP contribution in [0.1, 0.15) is 34.7 Å². The summed E-state index contributed by atoms with van der Waals surface area (Å²) in [6.07, 6.45) is 1.28. The molecule has 3 rings (SSSR count). The summed E-state index contributed by atoms with van der Waals surface area (Å²) >= 11 is 0. The van der Waals surface area contributed by atoms with Crippen molar-refractivity contribution in [3.8, 4) is 5.75 Å². The topological polar surface area (TPSA) is 110 Å². The first-order valence-electron chi connectivity index (χ1n) is 11.8. The van der Waals surface area contributed by atoms with Crippen LogP contribution in [0.25, 0.3) is 0 Å². The highest BCUT2D eigenvalue weighted by atomic mass is 16.5. The van der Waals surface area contributed by atoms with Gasteiger partial charge >= 0.3 is 0 Å². The summed E-state index contributed by atoms with van der Waals surface area (Å²) in [5.74, 6) is -0.537.